The molecule has 0 saturated carbocycles. The zero-order valence-corrected chi connectivity index (χ0v) is 11.8. The van der Waals surface area contributed by atoms with Crippen LogP contribution in [0.15, 0.2) is 12.1 Å². The molecule has 0 spiro atoms. The first-order valence-electron chi connectivity index (χ1n) is 6.14. The Hall–Kier alpha value is -0.930. The predicted molar refractivity (Wildman–Crippen MR) is 72.0 cm³/mol. The lowest BCUT2D eigenvalue weighted by atomic mass is 9.89. The first-order valence-corrected chi connectivity index (χ1v) is 6.68. The fourth-order valence-corrected chi connectivity index (χ4v) is 2.59. The van der Waals surface area contributed by atoms with Crippen molar-refractivity contribution in [2.75, 3.05) is 26.7 Å². The Morgan fingerprint density at radius 1 is 1.22 bits per heavy atom. The summed E-state index contributed by atoms with van der Waals surface area (Å²) in [5, 5.41) is 0. The molecule has 0 fully saturated rings. The fourth-order valence-electron chi connectivity index (χ4n) is 2.39. The van der Waals surface area contributed by atoms with Gasteiger partial charge < -0.3 is 14.2 Å². The molecule has 0 radical (unpaired) electrons. The van der Waals surface area contributed by atoms with Gasteiger partial charge in [0.25, 0.3) is 0 Å². The number of hydrogen-bond donors (Lipinski definition) is 0. The minimum atomic E-state index is 0.0634. The standard InChI is InChI=1S/C14H19ClO3/c1-9-8-18-12(4-5-15)11-7-14(17-3)13(16-2)6-10(9)11/h6-7,9,12H,4-5,8H2,1-3H3/t9-,12-/m0/s1. The van der Waals surface area contributed by atoms with Crippen LogP contribution in [0.25, 0.3) is 0 Å². The Labute approximate surface area is 113 Å². The average Bonchev–Trinajstić information content (AvgIpc) is 2.41. The van der Waals surface area contributed by atoms with Gasteiger partial charge in [0.2, 0.25) is 0 Å². The van der Waals surface area contributed by atoms with E-state index in [0.717, 1.165) is 24.5 Å². The molecule has 1 aromatic rings. The highest BCUT2D eigenvalue weighted by Crippen LogP contribution is 2.41. The summed E-state index contributed by atoms with van der Waals surface area (Å²) in [6, 6.07) is 4.07. The van der Waals surface area contributed by atoms with E-state index in [0.29, 0.717) is 11.8 Å². The van der Waals surface area contributed by atoms with Crippen LogP contribution in [-0.2, 0) is 4.74 Å². The van der Waals surface area contributed by atoms with Gasteiger partial charge in [-0.1, -0.05) is 6.92 Å². The van der Waals surface area contributed by atoms with Gasteiger partial charge in [-0.15, -0.1) is 11.6 Å². The summed E-state index contributed by atoms with van der Waals surface area (Å²) in [6.07, 6.45) is 0.880. The highest BCUT2D eigenvalue weighted by molar-refractivity contribution is 6.17. The van der Waals surface area contributed by atoms with Crippen molar-refractivity contribution in [3.8, 4) is 11.5 Å². The Morgan fingerprint density at radius 2 is 1.83 bits per heavy atom. The summed E-state index contributed by atoms with van der Waals surface area (Å²) < 4.78 is 16.6. The van der Waals surface area contributed by atoms with Crippen molar-refractivity contribution < 1.29 is 14.2 Å². The van der Waals surface area contributed by atoms with Gasteiger partial charge in [0.15, 0.2) is 11.5 Å². The van der Waals surface area contributed by atoms with Gasteiger partial charge in [-0.2, -0.15) is 0 Å². The molecule has 0 amide bonds. The molecule has 2 rings (SSSR count). The van der Waals surface area contributed by atoms with Gasteiger partial charge in [-0.3, -0.25) is 0 Å². The number of rotatable bonds is 4. The molecule has 0 unspecified atom stereocenters. The molecule has 4 heteroatoms. The van der Waals surface area contributed by atoms with Gasteiger partial charge in [-0.05, 0) is 29.7 Å². The highest BCUT2D eigenvalue weighted by Gasteiger charge is 2.27. The SMILES string of the molecule is COc1cc2c(cc1OC)[C@@H](C)CO[C@H]2CCCl. The first kappa shape index (κ1) is 13.5. The highest BCUT2D eigenvalue weighted by atomic mass is 35.5. The van der Waals surface area contributed by atoms with Gasteiger partial charge in [0.1, 0.15) is 0 Å². The normalized spacial score (nSPS) is 22.4. The van der Waals surface area contributed by atoms with Crippen molar-refractivity contribution in [2.45, 2.75) is 25.4 Å². The second kappa shape index (κ2) is 5.81. The molecule has 1 aliphatic heterocycles. The summed E-state index contributed by atoms with van der Waals surface area (Å²) in [6.45, 7) is 2.88. The van der Waals surface area contributed by atoms with Gasteiger partial charge in [0.05, 0.1) is 26.9 Å². The molecular weight excluding hydrogens is 252 g/mol. The Bertz CT molecular complexity index is 420. The topological polar surface area (TPSA) is 27.7 Å². The average molecular weight is 271 g/mol. The summed E-state index contributed by atoms with van der Waals surface area (Å²) in [5.74, 6) is 2.47. The van der Waals surface area contributed by atoms with Crippen LogP contribution in [0.3, 0.4) is 0 Å². The zero-order valence-electron chi connectivity index (χ0n) is 11.0. The molecule has 100 valence electrons. The number of benzene rings is 1. The third-order valence-electron chi connectivity index (χ3n) is 3.39. The number of alkyl halides is 1. The second-order valence-corrected chi connectivity index (χ2v) is 4.91. The minimum absolute atomic E-state index is 0.0634. The van der Waals surface area contributed by atoms with Crippen LogP contribution in [0.5, 0.6) is 11.5 Å². The molecular formula is C14H19ClO3. The smallest absolute Gasteiger partial charge is 0.161 e. The van der Waals surface area contributed by atoms with E-state index in [-0.39, 0.29) is 6.10 Å². The predicted octanol–water partition coefficient (Wildman–Crippen LogP) is 3.51. The van der Waals surface area contributed by atoms with Crippen LogP contribution in [0, 0.1) is 0 Å². The summed E-state index contributed by atoms with van der Waals surface area (Å²) in [7, 11) is 3.30. The van der Waals surface area contributed by atoms with E-state index in [4.69, 9.17) is 25.8 Å². The molecule has 18 heavy (non-hydrogen) atoms. The Kier molecular flexibility index (Phi) is 4.36. The molecule has 0 bridgehead atoms. The van der Waals surface area contributed by atoms with Crippen molar-refractivity contribution in [3.05, 3.63) is 23.3 Å². The van der Waals surface area contributed by atoms with E-state index in [1.807, 2.05) is 6.07 Å². The number of halogens is 1. The molecule has 0 aromatic heterocycles. The zero-order chi connectivity index (χ0) is 13.1. The lowest BCUT2D eigenvalue weighted by Gasteiger charge is -2.30. The van der Waals surface area contributed by atoms with E-state index in [1.54, 1.807) is 14.2 Å². The van der Waals surface area contributed by atoms with Crippen LogP contribution in [-0.4, -0.2) is 26.7 Å². The maximum Gasteiger partial charge on any atom is 0.161 e. The molecule has 1 aromatic carbocycles. The molecule has 0 saturated heterocycles. The van der Waals surface area contributed by atoms with Crippen molar-refractivity contribution in [1.82, 2.24) is 0 Å². The van der Waals surface area contributed by atoms with Crippen molar-refractivity contribution >= 4 is 11.6 Å². The van der Waals surface area contributed by atoms with E-state index in [1.165, 1.54) is 11.1 Å². The van der Waals surface area contributed by atoms with Crippen LogP contribution >= 0.6 is 11.6 Å². The first-order chi connectivity index (χ1) is 8.71. The Morgan fingerprint density at radius 3 is 2.39 bits per heavy atom. The second-order valence-electron chi connectivity index (χ2n) is 4.54. The molecule has 2 atom stereocenters. The Balaban J connectivity index is 2.46. The number of fused-ring (bicyclic) bond motifs is 1. The van der Waals surface area contributed by atoms with E-state index in [9.17, 15) is 0 Å². The van der Waals surface area contributed by atoms with E-state index < -0.39 is 0 Å². The summed E-state index contributed by atoms with van der Waals surface area (Å²) >= 11 is 5.83. The summed E-state index contributed by atoms with van der Waals surface area (Å²) in [4.78, 5) is 0. The molecule has 1 heterocycles. The maximum atomic E-state index is 5.85. The molecule has 0 N–H and O–H groups in total. The molecule has 1 aliphatic rings. The number of ether oxygens (including phenoxy) is 3. The number of methoxy groups -OCH3 is 2. The maximum absolute atomic E-state index is 5.85. The third kappa shape index (κ3) is 2.43. The van der Waals surface area contributed by atoms with Crippen LogP contribution in [0.2, 0.25) is 0 Å². The molecule has 0 aliphatic carbocycles. The third-order valence-corrected chi connectivity index (χ3v) is 3.60. The monoisotopic (exact) mass is 270 g/mol. The van der Waals surface area contributed by atoms with Gasteiger partial charge in [0, 0.05) is 11.8 Å². The fraction of sp³-hybridized carbons (Fsp3) is 0.571. The minimum Gasteiger partial charge on any atom is -0.493 e. The number of hydrogen-bond acceptors (Lipinski definition) is 3. The van der Waals surface area contributed by atoms with E-state index in [2.05, 4.69) is 13.0 Å². The quantitative estimate of drug-likeness (QED) is 0.784. The van der Waals surface area contributed by atoms with E-state index >= 15 is 0 Å². The lowest BCUT2D eigenvalue weighted by Crippen LogP contribution is -2.20. The van der Waals surface area contributed by atoms with Crippen LogP contribution < -0.4 is 9.47 Å². The van der Waals surface area contributed by atoms with Crippen molar-refractivity contribution in [3.63, 3.8) is 0 Å². The van der Waals surface area contributed by atoms with Crippen molar-refractivity contribution in [2.24, 2.45) is 0 Å². The molecule has 3 nitrogen and oxygen atoms in total. The van der Waals surface area contributed by atoms with Crippen molar-refractivity contribution in [1.29, 1.82) is 0 Å². The van der Waals surface area contributed by atoms with Gasteiger partial charge >= 0.3 is 0 Å². The van der Waals surface area contributed by atoms with Crippen LogP contribution in [0.4, 0.5) is 0 Å². The van der Waals surface area contributed by atoms with Gasteiger partial charge in [-0.25, -0.2) is 0 Å². The summed E-state index contributed by atoms with van der Waals surface area (Å²) in [5.41, 5.74) is 2.45. The largest absolute Gasteiger partial charge is 0.493 e. The van der Waals surface area contributed by atoms with Crippen LogP contribution in [0.1, 0.15) is 36.5 Å². The lowest BCUT2D eigenvalue weighted by molar-refractivity contribution is 0.0284.